The van der Waals surface area contributed by atoms with Crippen molar-refractivity contribution in [2.45, 2.75) is 0 Å². The zero-order chi connectivity index (χ0) is 3.41. The van der Waals surface area contributed by atoms with Gasteiger partial charge >= 0.3 is 0 Å². The minimum atomic E-state index is 0.822. The first-order valence-electron chi connectivity index (χ1n) is 0.911. The molecule has 0 saturated heterocycles. The Morgan fingerprint density at radius 3 is 2.25 bits per heavy atom. The van der Waals surface area contributed by atoms with E-state index in [-0.39, 0.29) is 0 Å². The van der Waals surface area contributed by atoms with Crippen LogP contribution in [0.1, 0.15) is 0 Å². The fourth-order valence-electron chi connectivity index (χ4n) is 0. The van der Waals surface area contributed by atoms with E-state index < -0.39 is 0 Å². The molecule has 0 heterocycles. The number of hydrogen-bond donors (Lipinski definition) is 0. The molecule has 0 radical (unpaired) electrons. The van der Waals surface area contributed by atoms with E-state index in [1.807, 2.05) is 0 Å². The monoisotopic (exact) mass is 138 g/mol. The minimum absolute atomic E-state index is 0.822. The van der Waals surface area contributed by atoms with E-state index in [0.717, 1.165) is 5.33 Å². The Kier molecular flexibility index (Phi) is 4.08. The van der Waals surface area contributed by atoms with E-state index in [4.69, 9.17) is 0 Å². The van der Waals surface area contributed by atoms with Crippen molar-refractivity contribution >= 4 is 33.5 Å². The molecule has 24 valence electrons. The van der Waals surface area contributed by atoms with Crippen LogP contribution in [0.4, 0.5) is 0 Å². The van der Waals surface area contributed by atoms with Crippen LogP contribution >= 0.6 is 28.1 Å². The molecule has 0 nitrogen and oxygen atoms in total. The smallest absolute Gasteiger partial charge is 0.0316 e. The average molecular weight is 139 g/mol. The van der Waals surface area contributed by atoms with Crippen LogP contribution in [-0.2, 0) is 0 Å². The molecule has 0 unspecified atom stereocenters. The second-order valence-corrected chi connectivity index (χ2v) is 1.30. The lowest BCUT2D eigenvalue weighted by atomic mass is 11.0. The highest BCUT2D eigenvalue weighted by atomic mass is 79.9. The highest BCUT2D eigenvalue weighted by Gasteiger charge is 1.50. The summed E-state index contributed by atoms with van der Waals surface area (Å²) in [5.41, 5.74) is 0. The van der Waals surface area contributed by atoms with Crippen LogP contribution in [0, 0.1) is 0 Å². The molecule has 0 saturated carbocycles. The average Bonchev–Trinajstić information content (AvgIpc) is 1.37. The first-order chi connectivity index (χ1) is 1.91. The van der Waals surface area contributed by atoms with E-state index in [0.29, 0.717) is 0 Å². The summed E-state index contributed by atoms with van der Waals surface area (Å²) in [5, 5.41) is 2.45. The van der Waals surface area contributed by atoms with Crippen molar-refractivity contribution in [1.29, 1.82) is 0 Å². The molecule has 0 spiro atoms. The van der Waals surface area contributed by atoms with Gasteiger partial charge in [-0.05, 0) is 5.37 Å². The molecule has 0 aromatic rings. The number of rotatable bonds is 1. The third-order valence-corrected chi connectivity index (χ3v) is 0.982. The van der Waals surface area contributed by atoms with Gasteiger partial charge in [0.1, 0.15) is 0 Å². The van der Waals surface area contributed by atoms with Gasteiger partial charge in [0.15, 0.2) is 0 Å². The largest absolute Gasteiger partial charge is 0.0926 e. The van der Waals surface area contributed by atoms with Gasteiger partial charge in [-0.25, -0.2) is 0 Å². The summed E-state index contributed by atoms with van der Waals surface area (Å²) >= 11 is 7.47. The molecule has 4 heavy (non-hydrogen) atoms. The Morgan fingerprint density at radius 1 is 2.00 bits per heavy atom. The Hall–Kier alpha value is 0.570. The molecule has 0 rings (SSSR count). The SMILES string of the molecule is S=CCBr. The van der Waals surface area contributed by atoms with Crippen molar-refractivity contribution in [1.82, 2.24) is 0 Å². The van der Waals surface area contributed by atoms with Crippen LogP contribution in [0.5, 0.6) is 0 Å². The van der Waals surface area contributed by atoms with E-state index >= 15 is 0 Å². The van der Waals surface area contributed by atoms with Crippen molar-refractivity contribution in [3.63, 3.8) is 0 Å². The third kappa shape index (κ3) is 2.57. The van der Waals surface area contributed by atoms with Crippen LogP contribution in [0.25, 0.3) is 0 Å². The van der Waals surface area contributed by atoms with Gasteiger partial charge in [-0.1, -0.05) is 28.1 Å². The molecular weight excluding hydrogens is 136 g/mol. The van der Waals surface area contributed by atoms with E-state index in [1.54, 1.807) is 5.37 Å². The molecule has 0 aromatic carbocycles. The lowest BCUT2D eigenvalue weighted by molar-refractivity contribution is 2.23. The number of thiocarbonyl (C=S) groups is 1. The molecule has 0 N–H and O–H groups in total. The number of halogens is 1. The van der Waals surface area contributed by atoms with Crippen LogP contribution in [0.2, 0.25) is 0 Å². The molecule has 2 heteroatoms. The fraction of sp³-hybridized carbons (Fsp3) is 0.500. The van der Waals surface area contributed by atoms with Crippen molar-refractivity contribution in [3.8, 4) is 0 Å². The van der Waals surface area contributed by atoms with E-state index in [9.17, 15) is 0 Å². The normalized spacial score (nSPS) is 6.25. The number of alkyl halides is 1. The summed E-state index contributed by atoms with van der Waals surface area (Å²) in [6, 6.07) is 0. The summed E-state index contributed by atoms with van der Waals surface area (Å²) < 4.78 is 0. The van der Waals surface area contributed by atoms with E-state index in [2.05, 4.69) is 28.1 Å². The summed E-state index contributed by atoms with van der Waals surface area (Å²) in [7, 11) is 0. The molecule has 0 fully saturated rings. The van der Waals surface area contributed by atoms with Gasteiger partial charge in [0.25, 0.3) is 0 Å². The number of hydrogen-bond acceptors (Lipinski definition) is 1. The van der Waals surface area contributed by atoms with Crippen LogP contribution in [0.15, 0.2) is 0 Å². The second-order valence-electron chi connectivity index (χ2n) is 0.321. The van der Waals surface area contributed by atoms with Crippen LogP contribution in [0.3, 0.4) is 0 Å². The summed E-state index contributed by atoms with van der Waals surface area (Å²) in [4.78, 5) is 0. The maximum absolute atomic E-state index is 4.38. The quantitative estimate of drug-likeness (QED) is 0.390. The lowest BCUT2D eigenvalue weighted by Crippen LogP contribution is -1.56. The minimum Gasteiger partial charge on any atom is -0.0926 e. The lowest BCUT2D eigenvalue weighted by Gasteiger charge is -1.52. The zero-order valence-corrected chi connectivity index (χ0v) is 4.47. The van der Waals surface area contributed by atoms with Gasteiger partial charge < -0.3 is 0 Å². The Morgan fingerprint density at radius 2 is 2.25 bits per heavy atom. The molecule has 0 atom stereocenters. The summed E-state index contributed by atoms with van der Waals surface area (Å²) in [5.74, 6) is 0. The molecular formula is C2H3BrS. The maximum Gasteiger partial charge on any atom is 0.0316 e. The molecule has 0 bridgehead atoms. The topological polar surface area (TPSA) is 0 Å². The summed E-state index contributed by atoms with van der Waals surface area (Å²) in [6.07, 6.45) is 0. The van der Waals surface area contributed by atoms with Gasteiger partial charge in [-0.3, -0.25) is 0 Å². The Labute approximate surface area is 39.3 Å². The van der Waals surface area contributed by atoms with E-state index in [1.165, 1.54) is 0 Å². The van der Waals surface area contributed by atoms with Gasteiger partial charge in [-0.2, -0.15) is 0 Å². The first kappa shape index (κ1) is 4.57. The van der Waals surface area contributed by atoms with Crippen molar-refractivity contribution in [3.05, 3.63) is 0 Å². The summed E-state index contributed by atoms with van der Waals surface area (Å²) in [6.45, 7) is 0. The Bertz CT molecular complexity index is 20.0. The predicted octanol–water partition coefficient (Wildman–Crippen LogP) is 1.38. The predicted molar refractivity (Wildman–Crippen MR) is 27.4 cm³/mol. The molecule has 0 aliphatic carbocycles. The highest BCUT2D eigenvalue weighted by molar-refractivity contribution is 9.09. The molecule has 0 aliphatic rings. The second kappa shape index (κ2) is 3.57. The van der Waals surface area contributed by atoms with Crippen LogP contribution in [-0.4, -0.2) is 10.7 Å². The highest BCUT2D eigenvalue weighted by Crippen LogP contribution is 1.68. The standard InChI is InChI=1S/C2H3BrS/c3-1-2-4/h2H,1H2. The molecule has 0 aliphatic heterocycles. The maximum atomic E-state index is 4.38. The zero-order valence-electron chi connectivity index (χ0n) is 2.07. The molecule has 0 amide bonds. The van der Waals surface area contributed by atoms with Gasteiger partial charge in [-0.15, -0.1) is 0 Å². The first-order valence-corrected chi connectivity index (χ1v) is 2.50. The van der Waals surface area contributed by atoms with Crippen LogP contribution < -0.4 is 0 Å². The third-order valence-electron chi connectivity index (χ3n) is 0.0630. The fourth-order valence-corrected chi connectivity index (χ4v) is 0. The van der Waals surface area contributed by atoms with Crippen molar-refractivity contribution in [2.75, 3.05) is 5.33 Å². The molecule has 0 aromatic heterocycles. The van der Waals surface area contributed by atoms with Gasteiger partial charge in [0.2, 0.25) is 0 Å². The van der Waals surface area contributed by atoms with Crippen molar-refractivity contribution in [2.24, 2.45) is 0 Å². The Balaban J connectivity index is 2.30. The van der Waals surface area contributed by atoms with Gasteiger partial charge in [0, 0.05) is 5.33 Å². The van der Waals surface area contributed by atoms with Gasteiger partial charge in [0.05, 0.1) is 0 Å². The van der Waals surface area contributed by atoms with Crippen molar-refractivity contribution < 1.29 is 0 Å².